The zero-order chi connectivity index (χ0) is 9.97. The highest BCUT2D eigenvalue weighted by Gasteiger charge is 2.00. The van der Waals surface area contributed by atoms with Gasteiger partial charge in [0.2, 0.25) is 0 Å². The predicted octanol–water partition coefficient (Wildman–Crippen LogP) is 1.70. The van der Waals surface area contributed by atoms with E-state index in [1.54, 1.807) is 6.33 Å². The summed E-state index contributed by atoms with van der Waals surface area (Å²) in [6.07, 6.45) is 4.13. The lowest BCUT2D eigenvalue weighted by atomic mass is 10.1. The molecule has 0 spiro atoms. The molecule has 0 atom stereocenters. The molecular weight excluding hydrogens is 176 g/mol. The van der Waals surface area contributed by atoms with Crippen molar-refractivity contribution in [3.63, 3.8) is 0 Å². The van der Waals surface area contributed by atoms with Crippen LogP contribution in [0.1, 0.15) is 12.0 Å². The SMILES string of the molecule is Cn1cnc2cc(CCC=O)ccc21. The molecule has 0 aliphatic rings. The maximum atomic E-state index is 10.2. The highest BCUT2D eigenvalue weighted by Crippen LogP contribution is 2.14. The minimum absolute atomic E-state index is 0.582. The number of rotatable bonds is 3. The molecule has 0 fully saturated rings. The van der Waals surface area contributed by atoms with E-state index in [9.17, 15) is 4.79 Å². The molecule has 2 aromatic rings. The van der Waals surface area contributed by atoms with Gasteiger partial charge >= 0.3 is 0 Å². The fourth-order valence-corrected chi connectivity index (χ4v) is 1.56. The van der Waals surface area contributed by atoms with Gasteiger partial charge in [0.25, 0.3) is 0 Å². The lowest BCUT2D eigenvalue weighted by Gasteiger charge is -1.98. The zero-order valence-electron chi connectivity index (χ0n) is 8.10. The average Bonchev–Trinajstić information content (AvgIpc) is 2.57. The van der Waals surface area contributed by atoms with Crippen LogP contribution in [0.25, 0.3) is 11.0 Å². The van der Waals surface area contributed by atoms with Crippen molar-refractivity contribution in [2.45, 2.75) is 12.8 Å². The summed E-state index contributed by atoms with van der Waals surface area (Å²) in [5.41, 5.74) is 3.29. The molecule has 0 saturated heterocycles. The number of imidazole rings is 1. The molecule has 3 heteroatoms. The molecule has 0 aliphatic carbocycles. The van der Waals surface area contributed by atoms with E-state index >= 15 is 0 Å². The summed E-state index contributed by atoms with van der Waals surface area (Å²) < 4.78 is 1.98. The number of aldehydes is 1. The number of carbonyl (C=O) groups excluding carboxylic acids is 1. The van der Waals surface area contributed by atoms with Crippen LogP contribution in [-0.2, 0) is 18.3 Å². The Balaban J connectivity index is 2.36. The van der Waals surface area contributed by atoms with E-state index in [-0.39, 0.29) is 0 Å². The van der Waals surface area contributed by atoms with E-state index in [4.69, 9.17) is 0 Å². The van der Waals surface area contributed by atoms with Crippen molar-refractivity contribution in [2.75, 3.05) is 0 Å². The fourth-order valence-electron chi connectivity index (χ4n) is 1.56. The van der Waals surface area contributed by atoms with Crippen LogP contribution in [-0.4, -0.2) is 15.8 Å². The molecular formula is C11H12N2O. The van der Waals surface area contributed by atoms with Crippen LogP contribution in [0.4, 0.5) is 0 Å². The van der Waals surface area contributed by atoms with E-state index in [0.29, 0.717) is 6.42 Å². The van der Waals surface area contributed by atoms with Crippen molar-refractivity contribution in [1.82, 2.24) is 9.55 Å². The van der Waals surface area contributed by atoms with Gasteiger partial charge < -0.3 is 9.36 Å². The van der Waals surface area contributed by atoms with Crippen LogP contribution in [0.3, 0.4) is 0 Å². The molecule has 1 heterocycles. The van der Waals surface area contributed by atoms with E-state index in [1.165, 1.54) is 5.56 Å². The third-order valence-corrected chi connectivity index (χ3v) is 2.34. The summed E-state index contributed by atoms with van der Waals surface area (Å²) in [6, 6.07) is 6.13. The lowest BCUT2D eigenvalue weighted by Crippen LogP contribution is -1.87. The first-order valence-corrected chi connectivity index (χ1v) is 4.65. The summed E-state index contributed by atoms with van der Waals surface area (Å²) in [7, 11) is 1.97. The molecule has 14 heavy (non-hydrogen) atoms. The van der Waals surface area contributed by atoms with Gasteiger partial charge in [-0.2, -0.15) is 0 Å². The first-order valence-electron chi connectivity index (χ1n) is 4.65. The number of hydrogen-bond acceptors (Lipinski definition) is 2. The lowest BCUT2D eigenvalue weighted by molar-refractivity contribution is -0.107. The largest absolute Gasteiger partial charge is 0.334 e. The predicted molar refractivity (Wildman–Crippen MR) is 55.1 cm³/mol. The molecule has 0 amide bonds. The summed E-state index contributed by atoms with van der Waals surface area (Å²) in [5.74, 6) is 0. The van der Waals surface area contributed by atoms with E-state index in [0.717, 1.165) is 23.7 Å². The Hall–Kier alpha value is -1.64. The number of hydrogen-bond donors (Lipinski definition) is 0. The topological polar surface area (TPSA) is 34.9 Å². The van der Waals surface area contributed by atoms with E-state index in [1.807, 2.05) is 29.8 Å². The maximum Gasteiger partial charge on any atom is 0.120 e. The second kappa shape index (κ2) is 3.62. The van der Waals surface area contributed by atoms with Crippen molar-refractivity contribution >= 4 is 17.3 Å². The van der Waals surface area contributed by atoms with Gasteiger partial charge in [-0.05, 0) is 24.1 Å². The van der Waals surface area contributed by atoms with Gasteiger partial charge in [0.05, 0.1) is 17.4 Å². The van der Waals surface area contributed by atoms with Gasteiger partial charge in [-0.15, -0.1) is 0 Å². The highest BCUT2D eigenvalue weighted by molar-refractivity contribution is 5.76. The third kappa shape index (κ3) is 1.53. The smallest absolute Gasteiger partial charge is 0.120 e. The second-order valence-electron chi connectivity index (χ2n) is 3.38. The molecule has 0 N–H and O–H groups in total. The van der Waals surface area contributed by atoms with Gasteiger partial charge in [0, 0.05) is 13.5 Å². The van der Waals surface area contributed by atoms with Crippen LogP contribution >= 0.6 is 0 Å². The van der Waals surface area contributed by atoms with Crippen LogP contribution in [0, 0.1) is 0 Å². The quantitative estimate of drug-likeness (QED) is 0.687. The Bertz CT molecular complexity index is 459. The summed E-state index contributed by atoms with van der Waals surface area (Å²) >= 11 is 0. The molecule has 1 aromatic heterocycles. The van der Waals surface area contributed by atoms with Crippen molar-refractivity contribution in [3.8, 4) is 0 Å². The first-order chi connectivity index (χ1) is 6.81. The summed E-state index contributed by atoms with van der Waals surface area (Å²) in [6.45, 7) is 0. The van der Waals surface area contributed by atoms with E-state index < -0.39 is 0 Å². The number of fused-ring (bicyclic) bond motifs is 1. The van der Waals surface area contributed by atoms with E-state index in [2.05, 4.69) is 4.98 Å². The van der Waals surface area contributed by atoms with Gasteiger partial charge in [0.15, 0.2) is 0 Å². The number of nitrogens with zero attached hydrogens (tertiary/aromatic N) is 2. The van der Waals surface area contributed by atoms with Gasteiger partial charge in [-0.3, -0.25) is 0 Å². The monoisotopic (exact) mass is 188 g/mol. The number of benzene rings is 1. The molecule has 0 aliphatic heterocycles. The maximum absolute atomic E-state index is 10.2. The Morgan fingerprint density at radius 3 is 3.14 bits per heavy atom. The standard InChI is InChI=1S/C11H12N2O/c1-13-8-12-10-7-9(3-2-6-14)4-5-11(10)13/h4-8H,2-3H2,1H3. The molecule has 3 nitrogen and oxygen atoms in total. The van der Waals surface area contributed by atoms with Crippen LogP contribution in [0.15, 0.2) is 24.5 Å². The normalized spacial score (nSPS) is 10.6. The van der Waals surface area contributed by atoms with Crippen molar-refractivity contribution in [2.24, 2.45) is 7.05 Å². The van der Waals surface area contributed by atoms with Crippen LogP contribution in [0.2, 0.25) is 0 Å². The molecule has 72 valence electrons. The third-order valence-electron chi connectivity index (χ3n) is 2.34. The Morgan fingerprint density at radius 2 is 2.36 bits per heavy atom. The molecule has 0 bridgehead atoms. The number of carbonyl (C=O) groups is 1. The first kappa shape index (κ1) is 8.94. The van der Waals surface area contributed by atoms with Crippen molar-refractivity contribution < 1.29 is 4.79 Å². The Labute approximate surface area is 82.4 Å². The van der Waals surface area contributed by atoms with Crippen LogP contribution < -0.4 is 0 Å². The molecule has 0 saturated carbocycles. The Kier molecular flexibility index (Phi) is 2.31. The summed E-state index contributed by atoms with van der Waals surface area (Å²) in [4.78, 5) is 14.5. The summed E-state index contributed by atoms with van der Waals surface area (Å²) in [5, 5.41) is 0. The number of aryl methyl sites for hydroxylation is 2. The van der Waals surface area contributed by atoms with Gasteiger partial charge in [-0.25, -0.2) is 4.98 Å². The van der Waals surface area contributed by atoms with Crippen LogP contribution in [0.5, 0.6) is 0 Å². The van der Waals surface area contributed by atoms with Crippen molar-refractivity contribution in [1.29, 1.82) is 0 Å². The second-order valence-corrected chi connectivity index (χ2v) is 3.38. The highest BCUT2D eigenvalue weighted by atomic mass is 16.1. The minimum atomic E-state index is 0.582. The minimum Gasteiger partial charge on any atom is -0.334 e. The molecule has 1 aromatic carbocycles. The number of aromatic nitrogens is 2. The average molecular weight is 188 g/mol. The molecule has 0 unspecified atom stereocenters. The van der Waals surface area contributed by atoms with Crippen molar-refractivity contribution in [3.05, 3.63) is 30.1 Å². The molecule has 0 radical (unpaired) electrons. The van der Waals surface area contributed by atoms with Gasteiger partial charge in [0.1, 0.15) is 6.29 Å². The van der Waals surface area contributed by atoms with Gasteiger partial charge in [-0.1, -0.05) is 6.07 Å². The fraction of sp³-hybridized carbons (Fsp3) is 0.273. The Morgan fingerprint density at radius 1 is 1.50 bits per heavy atom. The molecule has 2 rings (SSSR count). The zero-order valence-corrected chi connectivity index (χ0v) is 8.10.